The van der Waals surface area contributed by atoms with Gasteiger partial charge >= 0.3 is 0 Å². The third-order valence-corrected chi connectivity index (χ3v) is 3.18. The zero-order valence-corrected chi connectivity index (χ0v) is 9.19. The molecule has 3 rings (SSSR count). The number of nitrogens with zero attached hydrogens (tertiary/aromatic N) is 2. The lowest BCUT2D eigenvalue weighted by Crippen LogP contribution is -2.23. The van der Waals surface area contributed by atoms with Crippen LogP contribution in [0.2, 0.25) is 0 Å². The van der Waals surface area contributed by atoms with Crippen molar-refractivity contribution in [3.8, 4) is 0 Å². The molecule has 4 heteroatoms. The minimum Gasteiger partial charge on any atom is -0.396 e. The number of anilines is 1. The highest BCUT2D eigenvalue weighted by Crippen LogP contribution is 2.16. The average molecular weight is 216 g/mol. The number of nitrogen functional groups attached to an aromatic ring is 1. The van der Waals surface area contributed by atoms with Gasteiger partial charge in [-0.15, -0.1) is 0 Å². The van der Waals surface area contributed by atoms with Gasteiger partial charge < -0.3 is 15.5 Å². The third-order valence-electron chi connectivity index (χ3n) is 3.18. The van der Waals surface area contributed by atoms with E-state index in [1.165, 1.54) is 12.8 Å². The maximum atomic E-state index is 5.88. The fourth-order valence-electron chi connectivity index (χ4n) is 2.37. The van der Waals surface area contributed by atoms with Crippen LogP contribution in [0.15, 0.2) is 24.5 Å². The Bertz CT molecular complexity index is 497. The van der Waals surface area contributed by atoms with Crippen LogP contribution >= 0.6 is 0 Å². The van der Waals surface area contributed by atoms with Crippen LogP contribution in [0.25, 0.3) is 5.65 Å². The number of aromatic nitrogens is 2. The van der Waals surface area contributed by atoms with Crippen LogP contribution in [0.1, 0.15) is 18.5 Å². The van der Waals surface area contributed by atoms with Crippen molar-refractivity contribution in [3.05, 3.63) is 30.2 Å². The van der Waals surface area contributed by atoms with E-state index in [0.29, 0.717) is 6.04 Å². The minimum absolute atomic E-state index is 0.589. The second kappa shape index (κ2) is 3.79. The van der Waals surface area contributed by atoms with E-state index >= 15 is 0 Å². The molecule has 3 heterocycles. The van der Waals surface area contributed by atoms with Gasteiger partial charge in [-0.05, 0) is 31.5 Å². The van der Waals surface area contributed by atoms with Crippen molar-refractivity contribution in [3.63, 3.8) is 0 Å². The standard InChI is InChI=1S/C12H16N4/c13-11-4-2-6-16-8-10(15-12(11)16)7-9-3-1-5-14-9/h2,4,6,8-9,14H,1,3,5,7,13H2. The molecule has 1 atom stereocenters. The fourth-order valence-corrected chi connectivity index (χ4v) is 2.37. The van der Waals surface area contributed by atoms with Gasteiger partial charge in [-0.3, -0.25) is 0 Å². The van der Waals surface area contributed by atoms with Gasteiger partial charge in [-0.2, -0.15) is 0 Å². The Morgan fingerprint density at radius 2 is 2.50 bits per heavy atom. The van der Waals surface area contributed by atoms with Crippen molar-refractivity contribution >= 4 is 11.3 Å². The van der Waals surface area contributed by atoms with Crippen molar-refractivity contribution < 1.29 is 0 Å². The molecule has 3 N–H and O–H groups in total. The molecule has 0 bridgehead atoms. The molecule has 2 aromatic rings. The number of hydrogen-bond acceptors (Lipinski definition) is 3. The minimum atomic E-state index is 0.589. The van der Waals surface area contributed by atoms with E-state index < -0.39 is 0 Å². The number of fused-ring (bicyclic) bond motifs is 1. The van der Waals surface area contributed by atoms with E-state index in [1.54, 1.807) is 0 Å². The van der Waals surface area contributed by atoms with Gasteiger partial charge in [-0.1, -0.05) is 0 Å². The Kier molecular flexibility index (Phi) is 2.29. The number of rotatable bonds is 2. The second-order valence-electron chi connectivity index (χ2n) is 4.42. The highest BCUT2D eigenvalue weighted by molar-refractivity contribution is 5.64. The lowest BCUT2D eigenvalue weighted by atomic mass is 10.1. The van der Waals surface area contributed by atoms with Gasteiger partial charge in [0.05, 0.1) is 11.4 Å². The summed E-state index contributed by atoms with van der Waals surface area (Å²) in [6, 6.07) is 4.42. The van der Waals surface area contributed by atoms with Crippen LogP contribution in [0, 0.1) is 0 Å². The van der Waals surface area contributed by atoms with Crippen LogP contribution < -0.4 is 11.1 Å². The molecule has 2 aromatic heterocycles. The highest BCUT2D eigenvalue weighted by Gasteiger charge is 2.16. The number of nitrogens with one attached hydrogen (secondary N) is 1. The van der Waals surface area contributed by atoms with Crippen molar-refractivity contribution in [2.45, 2.75) is 25.3 Å². The second-order valence-corrected chi connectivity index (χ2v) is 4.42. The fraction of sp³-hybridized carbons (Fsp3) is 0.417. The molecule has 1 saturated heterocycles. The summed E-state index contributed by atoms with van der Waals surface area (Å²) in [7, 11) is 0. The summed E-state index contributed by atoms with van der Waals surface area (Å²) < 4.78 is 2.00. The largest absolute Gasteiger partial charge is 0.396 e. The lowest BCUT2D eigenvalue weighted by molar-refractivity contribution is 0.597. The topological polar surface area (TPSA) is 55.4 Å². The van der Waals surface area contributed by atoms with Gasteiger partial charge in [-0.25, -0.2) is 4.98 Å². The van der Waals surface area contributed by atoms with Gasteiger partial charge in [0.1, 0.15) is 0 Å². The summed E-state index contributed by atoms with van der Waals surface area (Å²) in [6.45, 7) is 1.14. The first-order valence-corrected chi connectivity index (χ1v) is 5.78. The maximum Gasteiger partial charge on any atom is 0.160 e. The molecule has 0 aromatic carbocycles. The van der Waals surface area contributed by atoms with Gasteiger partial charge in [0.15, 0.2) is 5.65 Å². The van der Waals surface area contributed by atoms with Gasteiger partial charge in [0.2, 0.25) is 0 Å². The summed E-state index contributed by atoms with van der Waals surface area (Å²) in [5.74, 6) is 0. The molecule has 16 heavy (non-hydrogen) atoms. The molecular formula is C12H16N4. The molecular weight excluding hydrogens is 200 g/mol. The quantitative estimate of drug-likeness (QED) is 0.793. The lowest BCUT2D eigenvalue weighted by Gasteiger charge is -2.06. The molecule has 0 radical (unpaired) electrons. The molecule has 0 saturated carbocycles. The van der Waals surface area contributed by atoms with Crippen molar-refractivity contribution in [2.75, 3.05) is 12.3 Å². The van der Waals surface area contributed by atoms with E-state index in [-0.39, 0.29) is 0 Å². The predicted octanol–water partition coefficient (Wildman–Crippen LogP) is 1.21. The SMILES string of the molecule is Nc1cccn2cc(CC3CCCN3)nc12. The smallest absolute Gasteiger partial charge is 0.160 e. The van der Waals surface area contributed by atoms with E-state index in [2.05, 4.69) is 16.5 Å². The summed E-state index contributed by atoms with van der Waals surface area (Å²) >= 11 is 0. The van der Waals surface area contributed by atoms with Crippen molar-refractivity contribution in [2.24, 2.45) is 0 Å². The first-order valence-electron chi connectivity index (χ1n) is 5.78. The van der Waals surface area contributed by atoms with Crippen LogP contribution in [0.3, 0.4) is 0 Å². The Morgan fingerprint density at radius 3 is 3.25 bits per heavy atom. The van der Waals surface area contributed by atoms with Crippen LogP contribution in [-0.2, 0) is 6.42 Å². The number of nitrogens with two attached hydrogens (primary N) is 1. The van der Waals surface area contributed by atoms with Gasteiger partial charge in [0.25, 0.3) is 0 Å². The molecule has 84 valence electrons. The molecule has 1 unspecified atom stereocenters. The molecule has 4 nitrogen and oxygen atoms in total. The van der Waals surface area contributed by atoms with E-state index in [9.17, 15) is 0 Å². The van der Waals surface area contributed by atoms with Crippen LogP contribution in [0.5, 0.6) is 0 Å². The Morgan fingerprint density at radius 1 is 1.56 bits per heavy atom. The number of pyridine rings is 1. The summed E-state index contributed by atoms with van der Waals surface area (Å²) in [5, 5.41) is 3.48. The highest BCUT2D eigenvalue weighted by atomic mass is 15.0. The Labute approximate surface area is 94.5 Å². The van der Waals surface area contributed by atoms with Crippen molar-refractivity contribution in [1.82, 2.24) is 14.7 Å². The van der Waals surface area contributed by atoms with Crippen molar-refractivity contribution in [1.29, 1.82) is 0 Å². The summed E-state index contributed by atoms with van der Waals surface area (Å²) in [6.07, 6.45) is 7.60. The zero-order valence-electron chi connectivity index (χ0n) is 9.19. The predicted molar refractivity (Wildman–Crippen MR) is 64.3 cm³/mol. The Hall–Kier alpha value is -1.55. The van der Waals surface area contributed by atoms with Gasteiger partial charge in [0, 0.05) is 24.9 Å². The molecule has 0 aliphatic carbocycles. The van der Waals surface area contributed by atoms with Crippen LogP contribution in [-0.4, -0.2) is 22.0 Å². The summed E-state index contributed by atoms with van der Waals surface area (Å²) in [4.78, 5) is 4.57. The van der Waals surface area contributed by atoms with E-state index in [1.807, 2.05) is 22.7 Å². The first-order chi connectivity index (χ1) is 7.83. The normalized spacial score (nSPS) is 20.6. The van der Waals surface area contributed by atoms with E-state index in [0.717, 1.165) is 30.0 Å². The summed E-state index contributed by atoms with van der Waals surface area (Å²) in [5.41, 5.74) is 8.62. The van der Waals surface area contributed by atoms with Crippen LogP contribution in [0.4, 0.5) is 5.69 Å². The molecule has 0 spiro atoms. The molecule has 1 fully saturated rings. The molecule has 1 aliphatic rings. The molecule has 1 aliphatic heterocycles. The van der Waals surface area contributed by atoms with E-state index in [4.69, 9.17) is 5.73 Å². The first kappa shape index (κ1) is 9.66. The zero-order chi connectivity index (χ0) is 11.0. The maximum absolute atomic E-state index is 5.88. The third kappa shape index (κ3) is 1.65. The number of imidazole rings is 1. The Balaban J connectivity index is 1.90. The average Bonchev–Trinajstić information content (AvgIpc) is 2.88. The number of hydrogen-bond donors (Lipinski definition) is 2. The monoisotopic (exact) mass is 216 g/mol. The molecule has 0 amide bonds.